The summed E-state index contributed by atoms with van der Waals surface area (Å²) in [6.07, 6.45) is 1.26. The molecule has 1 aliphatic heterocycles. The third-order valence-electron chi connectivity index (χ3n) is 3.46. The van der Waals surface area contributed by atoms with E-state index in [1.54, 1.807) is 12.1 Å². The summed E-state index contributed by atoms with van der Waals surface area (Å²) in [4.78, 5) is 15.0. The summed E-state index contributed by atoms with van der Waals surface area (Å²) in [6, 6.07) is 5.34. The second-order valence-electron chi connectivity index (χ2n) is 4.89. The number of rotatable bonds is 6. The molecular formula is C14H15ClN2O4. The standard InChI is InChI=1S/C14H15ClN2O4/c15-6-13-16-11-5-9(21-8-14(18)19)1-2-12(11)17(13)7-10-3-4-20-10/h1-2,5,10H,3-4,6-8H2,(H,18,19)/t10-/m0/s1. The maximum atomic E-state index is 10.5. The van der Waals surface area contributed by atoms with E-state index < -0.39 is 5.97 Å². The lowest BCUT2D eigenvalue weighted by atomic mass is 10.2. The summed E-state index contributed by atoms with van der Waals surface area (Å²) in [7, 11) is 0. The minimum atomic E-state index is -1.01. The van der Waals surface area contributed by atoms with Crippen LogP contribution in [0.4, 0.5) is 0 Å². The molecule has 7 heteroatoms. The van der Waals surface area contributed by atoms with Crippen molar-refractivity contribution in [3.63, 3.8) is 0 Å². The monoisotopic (exact) mass is 310 g/mol. The fraction of sp³-hybridized carbons (Fsp3) is 0.429. The summed E-state index contributed by atoms with van der Waals surface area (Å²) in [6.45, 7) is 1.17. The van der Waals surface area contributed by atoms with E-state index in [2.05, 4.69) is 4.98 Å². The van der Waals surface area contributed by atoms with Crippen molar-refractivity contribution in [3.8, 4) is 5.75 Å². The molecule has 1 aliphatic rings. The summed E-state index contributed by atoms with van der Waals surface area (Å²) in [5, 5.41) is 8.63. The van der Waals surface area contributed by atoms with Gasteiger partial charge in [-0.05, 0) is 18.6 Å². The average Bonchev–Trinajstić information content (AvgIpc) is 2.77. The molecule has 6 nitrogen and oxygen atoms in total. The van der Waals surface area contributed by atoms with Crippen LogP contribution < -0.4 is 4.74 Å². The van der Waals surface area contributed by atoms with Crippen LogP contribution in [0.15, 0.2) is 18.2 Å². The molecule has 0 amide bonds. The van der Waals surface area contributed by atoms with Gasteiger partial charge in [0.05, 0.1) is 29.6 Å². The Balaban J connectivity index is 1.89. The maximum Gasteiger partial charge on any atom is 0.341 e. The van der Waals surface area contributed by atoms with E-state index >= 15 is 0 Å². The Morgan fingerprint density at radius 3 is 3.00 bits per heavy atom. The first-order chi connectivity index (χ1) is 10.2. The van der Waals surface area contributed by atoms with E-state index in [4.69, 9.17) is 26.2 Å². The Bertz CT molecular complexity index is 666. The highest BCUT2D eigenvalue weighted by Gasteiger charge is 2.21. The van der Waals surface area contributed by atoms with Gasteiger partial charge in [-0.1, -0.05) is 0 Å². The van der Waals surface area contributed by atoms with Crippen molar-refractivity contribution in [2.45, 2.75) is 24.9 Å². The Kier molecular flexibility index (Phi) is 3.98. The number of fused-ring (bicyclic) bond motifs is 1. The summed E-state index contributed by atoms with van der Waals surface area (Å²) in [5.74, 6) is 0.560. The van der Waals surface area contributed by atoms with Gasteiger partial charge in [0.15, 0.2) is 6.61 Å². The number of hydrogen-bond acceptors (Lipinski definition) is 4. The van der Waals surface area contributed by atoms with Crippen LogP contribution in [0.1, 0.15) is 12.2 Å². The van der Waals surface area contributed by atoms with Gasteiger partial charge in [-0.3, -0.25) is 0 Å². The van der Waals surface area contributed by atoms with Crippen molar-refractivity contribution in [1.82, 2.24) is 9.55 Å². The van der Waals surface area contributed by atoms with Crippen molar-refractivity contribution in [3.05, 3.63) is 24.0 Å². The van der Waals surface area contributed by atoms with Gasteiger partial charge >= 0.3 is 5.97 Å². The molecule has 1 N–H and O–H groups in total. The number of carbonyl (C=O) groups is 1. The molecule has 1 fully saturated rings. The van der Waals surface area contributed by atoms with E-state index in [1.165, 1.54) is 0 Å². The Hall–Kier alpha value is -1.79. The van der Waals surface area contributed by atoms with Crippen LogP contribution in [0.2, 0.25) is 0 Å². The third-order valence-corrected chi connectivity index (χ3v) is 3.70. The Morgan fingerprint density at radius 2 is 2.38 bits per heavy atom. The van der Waals surface area contributed by atoms with E-state index in [9.17, 15) is 4.79 Å². The van der Waals surface area contributed by atoms with Crippen LogP contribution in [0, 0.1) is 0 Å². The number of benzene rings is 1. The first-order valence-electron chi connectivity index (χ1n) is 6.68. The predicted octanol–water partition coefficient (Wildman–Crippen LogP) is 2.03. The predicted molar refractivity (Wildman–Crippen MR) is 76.8 cm³/mol. The summed E-state index contributed by atoms with van der Waals surface area (Å²) in [5.41, 5.74) is 1.69. The fourth-order valence-corrected chi connectivity index (χ4v) is 2.54. The molecule has 3 rings (SSSR count). The number of hydrogen-bond donors (Lipinski definition) is 1. The highest BCUT2D eigenvalue weighted by molar-refractivity contribution is 6.16. The van der Waals surface area contributed by atoms with Crippen molar-refractivity contribution in [2.75, 3.05) is 13.2 Å². The maximum absolute atomic E-state index is 10.5. The fourth-order valence-electron chi connectivity index (χ4n) is 2.33. The number of alkyl halides is 1. The second-order valence-corrected chi connectivity index (χ2v) is 5.15. The highest BCUT2D eigenvalue weighted by Crippen LogP contribution is 2.25. The van der Waals surface area contributed by atoms with Crippen molar-refractivity contribution in [2.24, 2.45) is 0 Å². The number of aromatic nitrogens is 2. The topological polar surface area (TPSA) is 73.6 Å². The number of ether oxygens (including phenoxy) is 2. The average molecular weight is 311 g/mol. The van der Waals surface area contributed by atoms with Crippen LogP contribution in [0.3, 0.4) is 0 Å². The zero-order valence-electron chi connectivity index (χ0n) is 11.3. The molecule has 0 aliphatic carbocycles. The number of halogens is 1. The van der Waals surface area contributed by atoms with Crippen LogP contribution in [-0.4, -0.2) is 39.9 Å². The number of carboxylic acids is 1. The summed E-state index contributed by atoms with van der Waals surface area (Å²) >= 11 is 5.96. The molecule has 1 aromatic heterocycles. The minimum Gasteiger partial charge on any atom is -0.482 e. The molecule has 1 saturated heterocycles. The molecule has 0 spiro atoms. The van der Waals surface area contributed by atoms with Gasteiger partial charge in [0.25, 0.3) is 0 Å². The first-order valence-corrected chi connectivity index (χ1v) is 7.22. The van der Waals surface area contributed by atoms with Gasteiger partial charge in [-0.25, -0.2) is 9.78 Å². The van der Waals surface area contributed by atoms with E-state index in [-0.39, 0.29) is 12.7 Å². The number of aliphatic carboxylic acids is 1. The van der Waals surface area contributed by atoms with Crippen molar-refractivity contribution in [1.29, 1.82) is 0 Å². The van der Waals surface area contributed by atoms with Crippen molar-refractivity contribution < 1.29 is 19.4 Å². The molecule has 2 heterocycles. The van der Waals surface area contributed by atoms with Gasteiger partial charge in [0, 0.05) is 12.7 Å². The SMILES string of the molecule is O=C(O)COc1ccc2c(c1)nc(CCl)n2C[C@@H]1CCO1. The largest absolute Gasteiger partial charge is 0.482 e. The molecular weight excluding hydrogens is 296 g/mol. The van der Waals surface area contributed by atoms with E-state index in [0.29, 0.717) is 11.6 Å². The van der Waals surface area contributed by atoms with Crippen LogP contribution in [0.5, 0.6) is 5.75 Å². The minimum absolute atomic E-state index is 0.215. The molecule has 0 unspecified atom stereocenters. The zero-order valence-corrected chi connectivity index (χ0v) is 12.0. The van der Waals surface area contributed by atoms with E-state index in [1.807, 2.05) is 10.6 Å². The van der Waals surface area contributed by atoms with Gasteiger partial charge in [0.2, 0.25) is 0 Å². The zero-order chi connectivity index (χ0) is 14.8. The summed E-state index contributed by atoms with van der Waals surface area (Å²) < 4.78 is 12.7. The lowest BCUT2D eigenvalue weighted by Gasteiger charge is -2.27. The molecule has 0 radical (unpaired) electrons. The van der Waals surface area contributed by atoms with Crippen LogP contribution >= 0.6 is 11.6 Å². The van der Waals surface area contributed by atoms with Gasteiger partial charge in [-0.15, -0.1) is 11.6 Å². The molecule has 112 valence electrons. The quantitative estimate of drug-likeness (QED) is 0.826. The highest BCUT2D eigenvalue weighted by atomic mass is 35.5. The van der Waals surface area contributed by atoms with Crippen LogP contribution in [-0.2, 0) is 22.0 Å². The second kappa shape index (κ2) is 5.91. The number of imidazole rings is 1. The third kappa shape index (κ3) is 2.96. The van der Waals surface area contributed by atoms with E-state index in [0.717, 1.165) is 36.4 Å². The van der Waals surface area contributed by atoms with Gasteiger partial charge in [0.1, 0.15) is 11.6 Å². The Labute approximate surface area is 126 Å². The van der Waals surface area contributed by atoms with Crippen LogP contribution in [0.25, 0.3) is 11.0 Å². The molecule has 2 aromatic rings. The molecule has 0 saturated carbocycles. The lowest BCUT2D eigenvalue weighted by Crippen LogP contribution is -2.31. The van der Waals surface area contributed by atoms with Crippen molar-refractivity contribution >= 4 is 28.6 Å². The van der Waals surface area contributed by atoms with Gasteiger partial charge in [-0.2, -0.15) is 0 Å². The number of carboxylic acid groups (broad SMARTS) is 1. The number of nitrogens with zero attached hydrogens (tertiary/aromatic N) is 2. The smallest absolute Gasteiger partial charge is 0.341 e. The van der Waals surface area contributed by atoms with Gasteiger partial charge < -0.3 is 19.1 Å². The molecule has 0 bridgehead atoms. The molecule has 1 atom stereocenters. The molecule has 21 heavy (non-hydrogen) atoms. The first kappa shape index (κ1) is 14.2. The normalized spacial score (nSPS) is 17.7. The molecule has 1 aromatic carbocycles. The lowest BCUT2D eigenvalue weighted by molar-refractivity contribution is -0.139. The Morgan fingerprint density at radius 1 is 1.57 bits per heavy atom.